The number of hydrogen-bond donors (Lipinski definition) is 0. The first kappa shape index (κ1) is 50.6. The molecule has 0 bridgehead atoms. The van der Waals surface area contributed by atoms with Crippen molar-refractivity contribution in [2.45, 2.75) is 193 Å². The zero-order valence-electron chi connectivity index (χ0n) is 34.9. The van der Waals surface area contributed by atoms with Crippen molar-refractivity contribution in [1.82, 2.24) is 4.90 Å². The Morgan fingerprint density at radius 3 is 1.74 bits per heavy atom. The molecule has 0 aliphatic heterocycles. The normalized spacial score (nSPS) is 12.8. The molecule has 53 heavy (non-hydrogen) atoms. The summed E-state index contributed by atoms with van der Waals surface area (Å²) in [5, 5.41) is 0. The van der Waals surface area contributed by atoms with E-state index in [1.165, 1.54) is 84.2 Å². The van der Waals surface area contributed by atoms with E-state index in [4.69, 9.17) is 23.7 Å². The first-order chi connectivity index (χ1) is 25.8. The second kappa shape index (κ2) is 39.3. The Kier molecular flexibility index (Phi) is 37.5. The molecule has 2 atom stereocenters. The highest BCUT2D eigenvalue weighted by Crippen LogP contribution is 2.17. The van der Waals surface area contributed by atoms with Crippen molar-refractivity contribution < 1.29 is 38.1 Å². The van der Waals surface area contributed by atoms with Crippen molar-refractivity contribution >= 4 is 18.1 Å². The largest absolute Gasteiger partial charge is 0.508 e. The Balaban J connectivity index is 4.42. The molecular formula is C44H81NO8. The minimum atomic E-state index is -0.692. The molecule has 0 rings (SSSR count). The Morgan fingerprint density at radius 2 is 1.11 bits per heavy atom. The van der Waals surface area contributed by atoms with E-state index in [1.807, 2.05) is 19.0 Å². The van der Waals surface area contributed by atoms with Gasteiger partial charge in [0.1, 0.15) is 12.7 Å². The fourth-order valence-corrected chi connectivity index (χ4v) is 5.99. The topological polar surface area (TPSA) is 101 Å². The molecule has 0 aliphatic rings. The number of rotatable bonds is 38. The number of carbonyl (C=O) groups excluding carboxylic acids is 3. The van der Waals surface area contributed by atoms with Crippen molar-refractivity contribution in [3.05, 3.63) is 24.3 Å². The first-order valence-electron chi connectivity index (χ1n) is 21.4. The van der Waals surface area contributed by atoms with Crippen LogP contribution < -0.4 is 0 Å². The molecule has 0 spiro atoms. The van der Waals surface area contributed by atoms with Gasteiger partial charge in [0.25, 0.3) is 0 Å². The number of nitrogens with zero attached hydrogens (tertiary/aromatic N) is 1. The monoisotopic (exact) mass is 752 g/mol. The average Bonchev–Trinajstić information content (AvgIpc) is 3.13. The minimum Gasteiger partial charge on any atom is -0.462 e. The van der Waals surface area contributed by atoms with E-state index in [2.05, 4.69) is 38.2 Å². The molecule has 0 aromatic rings. The van der Waals surface area contributed by atoms with Crippen LogP contribution in [0.25, 0.3) is 0 Å². The molecule has 9 nitrogen and oxygen atoms in total. The molecule has 0 aromatic heterocycles. The van der Waals surface area contributed by atoms with Gasteiger partial charge in [-0.1, -0.05) is 128 Å². The van der Waals surface area contributed by atoms with Crippen molar-refractivity contribution in [3.8, 4) is 0 Å². The van der Waals surface area contributed by atoms with Crippen LogP contribution in [0.2, 0.25) is 0 Å². The van der Waals surface area contributed by atoms with E-state index in [1.54, 1.807) is 0 Å². The Hall–Kier alpha value is -2.39. The molecule has 0 N–H and O–H groups in total. The van der Waals surface area contributed by atoms with Crippen molar-refractivity contribution in [1.29, 1.82) is 0 Å². The maximum absolute atomic E-state index is 12.8. The van der Waals surface area contributed by atoms with Crippen LogP contribution in [0.4, 0.5) is 4.79 Å². The third-order valence-corrected chi connectivity index (χ3v) is 9.19. The van der Waals surface area contributed by atoms with Crippen LogP contribution in [0, 0.1) is 0 Å². The maximum atomic E-state index is 12.8. The van der Waals surface area contributed by atoms with Crippen molar-refractivity contribution in [2.75, 3.05) is 47.6 Å². The number of carbonyl (C=O) groups is 3. The lowest BCUT2D eigenvalue weighted by molar-refractivity contribution is -0.162. The van der Waals surface area contributed by atoms with Gasteiger partial charge in [0.15, 0.2) is 6.10 Å². The lowest BCUT2D eigenvalue weighted by atomic mass is 10.0. The Bertz CT molecular complexity index is 906. The predicted octanol–water partition coefficient (Wildman–Crippen LogP) is 11.5. The second-order valence-electron chi connectivity index (χ2n) is 14.7. The highest BCUT2D eigenvalue weighted by molar-refractivity contribution is 5.70. The summed E-state index contributed by atoms with van der Waals surface area (Å²) in [4.78, 5) is 39.6. The molecule has 0 amide bonds. The maximum Gasteiger partial charge on any atom is 0.508 e. The van der Waals surface area contributed by atoms with Crippen LogP contribution in [0.1, 0.15) is 181 Å². The highest BCUT2D eigenvalue weighted by Gasteiger charge is 2.21. The molecule has 0 saturated carbocycles. The third kappa shape index (κ3) is 37.7. The van der Waals surface area contributed by atoms with Gasteiger partial charge in [-0.3, -0.25) is 9.59 Å². The zero-order valence-corrected chi connectivity index (χ0v) is 34.9. The van der Waals surface area contributed by atoms with E-state index in [9.17, 15) is 14.4 Å². The second-order valence-corrected chi connectivity index (χ2v) is 14.7. The van der Waals surface area contributed by atoms with Crippen LogP contribution in [-0.2, 0) is 33.3 Å². The van der Waals surface area contributed by atoms with E-state index in [0.717, 1.165) is 70.8 Å². The summed E-state index contributed by atoms with van der Waals surface area (Å²) in [6, 6.07) is 0. The van der Waals surface area contributed by atoms with E-state index in [0.29, 0.717) is 19.3 Å². The van der Waals surface area contributed by atoms with E-state index >= 15 is 0 Å². The minimum absolute atomic E-state index is 0.0452. The van der Waals surface area contributed by atoms with Crippen LogP contribution >= 0.6 is 0 Å². The molecule has 9 heteroatoms. The molecule has 0 radical (unpaired) electrons. The van der Waals surface area contributed by atoms with Crippen molar-refractivity contribution in [3.63, 3.8) is 0 Å². The van der Waals surface area contributed by atoms with Crippen LogP contribution in [-0.4, -0.2) is 82.8 Å². The van der Waals surface area contributed by atoms with Crippen LogP contribution in [0.15, 0.2) is 24.3 Å². The van der Waals surface area contributed by atoms with Gasteiger partial charge in [-0.2, -0.15) is 0 Å². The standard InChI is InChI=1S/C44H81NO8/c1-6-8-10-12-14-16-18-19-20-21-22-24-26-28-30-33-42(46)51-39-41(38-49-5)52-43(47)35-34-40(53-44(48)50-37-31-36-45(3)4)32-29-27-25-23-17-15-13-11-9-7-2/h14,16,19-20,40-41H,6-13,15,17-18,21-39H2,1-5H3/b16-14-,20-19-. The summed E-state index contributed by atoms with van der Waals surface area (Å²) < 4.78 is 27.2. The lowest BCUT2D eigenvalue weighted by Gasteiger charge is -2.20. The van der Waals surface area contributed by atoms with Crippen LogP contribution in [0.5, 0.6) is 0 Å². The number of allylic oxidation sites excluding steroid dienone is 4. The van der Waals surface area contributed by atoms with Gasteiger partial charge in [-0.05, 0) is 78.3 Å². The molecule has 310 valence electrons. The molecule has 0 saturated heterocycles. The SMILES string of the molecule is CCCCC/C=C\C/C=C\CCCCCCCC(=O)OCC(COC)OC(=O)CCC(CCCCCCCCCCCC)OC(=O)OCCCN(C)C. The summed E-state index contributed by atoms with van der Waals surface area (Å²) in [6.07, 6.45) is 33.9. The summed E-state index contributed by atoms with van der Waals surface area (Å²) in [6.45, 7) is 5.65. The summed E-state index contributed by atoms with van der Waals surface area (Å²) in [7, 11) is 5.46. The van der Waals surface area contributed by atoms with Gasteiger partial charge in [0, 0.05) is 26.5 Å². The molecule has 0 heterocycles. The van der Waals surface area contributed by atoms with Gasteiger partial charge in [0.05, 0.1) is 13.2 Å². The van der Waals surface area contributed by atoms with E-state index < -0.39 is 24.3 Å². The molecule has 2 unspecified atom stereocenters. The number of methoxy groups -OCH3 is 1. The summed E-state index contributed by atoms with van der Waals surface area (Å²) in [5.41, 5.74) is 0. The number of unbranched alkanes of at least 4 members (excludes halogenated alkanes) is 17. The zero-order chi connectivity index (χ0) is 39.0. The smallest absolute Gasteiger partial charge is 0.462 e. The van der Waals surface area contributed by atoms with Gasteiger partial charge in [0.2, 0.25) is 0 Å². The van der Waals surface area contributed by atoms with E-state index in [-0.39, 0.29) is 32.2 Å². The molecular weight excluding hydrogens is 670 g/mol. The molecule has 0 fully saturated rings. The average molecular weight is 752 g/mol. The fourth-order valence-electron chi connectivity index (χ4n) is 5.99. The third-order valence-electron chi connectivity index (χ3n) is 9.19. The Labute approximate surface area is 325 Å². The summed E-state index contributed by atoms with van der Waals surface area (Å²) >= 11 is 0. The molecule has 0 aliphatic carbocycles. The fraction of sp³-hybridized carbons (Fsp3) is 0.841. The van der Waals surface area contributed by atoms with Gasteiger partial charge >= 0.3 is 18.1 Å². The quantitative estimate of drug-likeness (QED) is 0.0264. The Morgan fingerprint density at radius 1 is 0.547 bits per heavy atom. The number of hydrogen-bond acceptors (Lipinski definition) is 9. The predicted molar refractivity (Wildman–Crippen MR) is 217 cm³/mol. The molecule has 0 aromatic carbocycles. The van der Waals surface area contributed by atoms with Crippen molar-refractivity contribution in [2.24, 2.45) is 0 Å². The van der Waals surface area contributed by atoms with Gasteiger partial charge in [-0.25, -0.2) is 4.79 Å². The summed E-state index contributed by atoms with van der Waals surface area (Å²) in [5.74, 6) is -0.727. The highest BCUT2D eigenvalue weighted by atomic mass is 16.7. The van der Waals surface area contributed by atoms with Gasteiger partial charge < -0.3 is 28.6 Å². The first-order valence-corrected chi connectivity index (χ1v) is 21.4. The van der Waals surface area contributed by atoms with Crippen LogP contribution in [0.3, 0.4) is 0 Å². The number of esters is 2. The lowest BCUT2D eigenvalue weighted by Crippen LogP contribution is -2.30. The number of ether oxygens (including phenoxy) is 5. The van der Waals surface area contributed by atoms with Gasteiger partial charge in [-0.15, -0.1) is 0 Å².